The van der Waals surface area contributed by atoms with Crippen molar-refractivity contribution in [1.82, 2.24) is 0 Å². The first-order valence-corrected chi connectivity index (χ1v) is 7.43. The zero-order valence-electron chi connectivity index (χ0n) is 8.96. The summed E-state index contributed by atoms with van der Waals surface area (Å²) in [6.07, 6.45) is 7.14. The van der Waals surface area contributed by atoms with Crippen molar-refractivity contribution >= 4 is 37.5 Å². The van der Waals surface area contributed by atoms with Crippen molar-refractivity contribution in [2.45, 2.75) is 30.6 Å². The maximum Gasteiger partial charge on any atom is 0.139 e. The molecular formula is C13H14Cl2S. The van der Waals surface area contributed by atoms with E-state index >= 15 is 0 Å². The highest BCUT2D eigenvalue weighted by molar-refractivity contribution is 8.22. The highest BCUT2D eigenvalue weighted by Crippen LogP contribution is 2.42. The average molecular weight is 273 g/mol. The number of hydrogen-bond acceptors (Lipinski definition) is 0. The Kier molecular flexibility index (Phi) is 4.51. The second-order valence-electron chi connectivity index (χ2n) is 3.76. The van der Waals surface area contributed by atoms with Crippen molar-refractivity contribution in [2.24, 2.45) is 0 Å². The second kappa shape index (κ2) is 5.90. The minimum Gasteiger partial charge on any atom is -0.0977 e. The summed E-state index contributed by atoms with van der Waals surface area (Å²) in [4.78, 5) is 2.62. The monoisotopic (exact) mass is 272 g/mol. The van der Waals surface area contributed by atoms with Crippen LogP contribution in [-0.2, 0) is 0 Å². The van der Waals surface area contributed by atoms with Gasteiger partial charge in [0.2, 0.25) is 0 Å². The van der Waals surface area contributed by atoms with E-state index < -0.39 is 0 Å². The maximum atomic E-state index is 6.07. The normalized spacial score (nSPS) is 17.8. The van der Waals surface area contributed by atoms with E-state index in [2.05, 4.69) is 18.2 Å². The summed E-state index contributed by atoms with van der Waals surface area (Å²) in [5, 5.41) is 0. The SMILES string of the molecule is ClC(Cl)=S(C1=CCCCC1)c1ccccc1. The molecule has 1 aliphatic carbocycles. The number of rotatable bonds is 2. The van der Waals surface area contributed by atoms with Gasteiger partial charge in [-0.1, -0.05) is 58.0 Å². The average Bonchev–Trinajstić information content (AvgIpc) is 2.31. The van der Waals surface area contributed by atoms with Crippen LogP contribution >= 0.6 is 33.7 Å². The van der Waals surface area contributed by atoms with Gasteiger partial charge in [-0.3, -0.25) is 0 Å². The Bertz CT molecular complexity index is 417. The lowest BCUT2D eigenvalue weighted by Gasteiger charge is -2.17. The molecule has 0 fully saturated rings. The predicted octanol–water partition coefficient (Wildman–Crippen LogP) is 5.34. The molecule has 1 aromatic carbocycles. The second-order valence-corrected chi connectivity index (χ2v) is 7.18. The van der Waals surface area contributed by atoms with Crippen molar-refractivity contribution in [3.05, 3.63) is 41.3 Å². The van der Waals surface area contributed by atoms with E-state index in [1.165, 1.54) is 22.6 Å². The summed E-state index contributed by atoms with van der Waals surface area (Å²) in [6, 6.07) is 10.3. The van der Waals surface area contributed by atoms with E-state index in [0.717, 1.165) is 12.8 Å². The topological polar surface area (TPSA) is 0 Å². The van der Waals surface area contributed by atoms with E-state index in [0.29, 0.717) is 3.78 Å². The molecular weight excluding hydrogens is 259 g/mol. The molecule has 0 saturated carbocycles. The molecule has 1 aliphatic rings. The van der Waals surface area contributed by atoms with Gasteiger partial charge in [-0.25, -0.2) is 0 Å². The van der Waals surface area contributed by atoms with Crippen LogP contribution in [0, 0.1) is 0 Å². The van der Waals surface area contributed by atoms with Gasteiger partial charge in [0.05, 0.1) is 0 Å². The van der Waals surface area contributed by atoms with Gasteiger partial charge < -0.3 is 0 Å². The number of hydrogen-bond donors (Lipinski definition) is 0. The zero-order chi connectivity index (χ0) is 11.4. The van der Waals surface area contributed by atoms with Crippen LogP contribution in [0.3, 0.4) is 0 Å². The summed E-state index contributed by atoms with van der Waals surface area (Å²) in [7, 11) is -0.217. The fourth-order valence-corrected chi connectivity index (χ4v) is 4.76. The third-order valence-corrected chi connectivity index (χ3v) is 5.52. The Morgan fingerprint density at radius 1 is 1.06 bits per heavy atom. The number of benzene rings is 1. The fraction of sp³-hybridized carbons (Fsp3) is 0.308. The van der Waals surface area contributed by atoms with Crippen molar-refractivity contribution in [1.29, 1.82) is 0 Å². The third-order valence-electron chi connectivity index (χ3n) is 2.64. The molecule has 1 unspecified atom stereocenters. The minimum absolute atomic E-state index is 0.217. The summed E-state index contributed by atoms with van der Waals surface area (Å²) in [5.74, 6) is 0. The van der Waals surface area contributed by atoms with Gasteiger partial charge in [-0.15, -0.1) is 0 Å². The van der Waals surface area contributed by atoms with E-state index in [9.17, 15) is 0 Å². The van der Waals surface area contributed by atoms with Crippen LogP contribution in [0.4, 0.5) is 0 Å². The van der Waals surface area contributed by atoms with Crippen LogP contribution in [0.2, 0.25) is 0 Å². The lowest BCUT2D eigenvalue weighted by atomic mass is 10.1. The molecule has 16 heavy (non-hydrogen) atoms. The molecule has 0 aliphatic heterocycles. The molecule has 0 radical (unpaired) electrons. The minimum atomic E-state index is -0.217. The van der Waals surface area contributed by atoms with Crippen LogP contribution in [-0.4, -0.2) is 3.78 Å². The van der Waals surface area contributed by atoms with E-state index in [1.807, 2.05) is 18.2 Å². The van der Waals surface area contributed by atoms with Crippen molar-refractivity contribution in [3.63, 3.8) is 0 Å². The molecule has 0 saturated heterocycles. The van der Waals surface area contributed by atoms with E-state index in [4.69, 9.17) is 23.2 Å². The highest BCUT2D eigenvalue weighted by Gasteiger charge is 2.12. The van der Waals surface area contributed by atoms with Crippen LogP contribution in [0.5, 0.6) is 0 Å². The first-order valence-electron chi connectivity index (χ1n) is 5.45. The predicted molar refractivity (Wildman–Crippen MR) is 75.6 cm³/mol. The Morgan fingerprint density at radius 2 is 1.81 bits per heavy atom. The van der Waals surface area contributed by atoms with Crippen molar-refractivity contribution in [3.8, 4) is 0 Å². The number of halogens is 2. The quantitative estimate of drug-likeness (QED) is 0.504. The highest BCUT2D eigenvalue weighted by atomic mass is 35.5. The molecule has 3 heteroatoms. The smallest absolute Gasteiger partial charge is 0.0977 e. The van der Waals surface area contributed by atoms with E-state index in [-0.39, 0.29) is 10.5 Å². The summed E-state index contributed by atoms with van der Waals surface area (Å²) in [6.45, 7) is 0. The van der Waals surface area contributed by atoms with Crippen LogP contribution < -0.4 is 0 Å². The van der Waals surface area contributed by atoms with Crippen molar-refractivity contribution < 1.29 is 0 Å². The molecule has 0 aromatic heterocycles. The van der Waals surface area contributed by atoms with Crippen LogP contribution in [0.1, 0.15) is 25.7 Å². The third kappa shape index (κ3) is 2.91. The summed E-state index contributed by atoms with van der Waals surface area (Å²) >= 11 is 12.1. The molecule has 0 N–H and O–H groups in total. The molecule has 0 spiro atoms. The first kappa shape index (κ1) is 12.2. The molecule has 0 amide bonds. The maximum absolute atomic E-state index is 6.07. The van der Waals surface area contributed by atoms with Gasteiger partial charge in [0.1, 0.15) is 3.78 Å². The van der Waals surface area contributed by atoms with Gasteiger partial charge in [-0.2, -0.15) is 0 Å². The standard InChI is InChI=1S/C13H14Cl2S/c14-13(15)16(11-7-3-1-4-8-11)12-9-5-2-6-10-12/h1,3-4,7-9H,2,5-6,10H2. The molecule has 2 rings (SSSR count). The fourth-order valence-electron chi connectivity index (χ4n) is 1.89. The van der Waals surface area contributed by atoms with Crippen molar-refractivity contribution in [2.75, 3.05) is 0 Å². The molecule has 1 aromatic rings. The Balaban J connectivity index is 2.40. The zero-order valence-corrected chi connectivity index (χ0v) is 11.3. The lowest BCUT2D eigenvalue weighted by molar-refractivity contribution is 0.723. The Hall–Kier alpha value is -0.240. The van der Waals surface area contributed by atoms with Crippen LogP contribution in [0.15, 0.2) is 46.2 Å². The molecule has 0 bridgehead atoms. The van der Waals surface area contributed by atoms with Gasteiger partial charge >= 0.3 is 0 Å². The van der Waals surface area contributed by atoms with Gasteiger partial charge in [-0.05, 0) is 42.7 Å². The summed E-state index contributed by atoms with van der Waals surface area (Å²) < 4.78 is 0.486. The Morgan fingerprint density at radius 3 is 2.38 bits per heavy atom. The van der Waals surface area contributed by atoms with Gasteiger partial charge in [0.15, 0.2) is 0 Å². The van der Waals surface area contributed by atoms with Gasteiger partial charge in [0, 0.05) is 4.90 Å². The first-order chi connectivity index (χ1) is 7.79. The molecule has 1 atom stereocenters. The van der Waals surface area contributed by atoms with Crippen LogP contribution in [0.25, 0.3) is 0 Å². The Labute approximate surface area is 109 Å². The molecule has 86 valence electrons. The summed E-state index contributed by atoms with van der Waals surface area (Å²) in [5.41, 5.74) is 0. The largest absolute Gasteiger partial charge is 0.139 e. The van der Waals surface area contributed by atoms with Gasteiger partial charge in [0.25, 0.3) is 0 Å². The lowest BCUT2D eigenvalue weighted by Crippen LogP contribution is -1.93. The number of allylic oxidation sites excluding steroid dienone is 2. The molecule has 0 nitrogen and oxygen atoms in total. The van der Waals surface area contributed by atoms with E-state index in [1.54, 1.807) is 0 Å². The molecule has 0 heterocycles.